The van der Waals surface area contributed by atoms with E-state index in [1.165, 1.54) is 7.11 Å². The Morgan fingerprint density at radius 2 is 1.61 bits per heavy atom. The zero-order valence-corrected chi connectivity index (χ0v) is 21.3. The lowest BCUT2D eigenvalue weighted by Crippen LogP contribution is -2.27. The van der Waals surface area contributed by atoms with E-state index in [1.54, 1.807) is 42.7 Å². The first-order valence-corrected chi connectivity index (χ1v) is 12.0. The van der Waals surface area contributed by atoms with Crippen LogP contribution in [0, 0.1) is 19.7 Å². The molecule has 8 heteroatoms. The minimum absolute atomic E-state index is 0.148. The van der Waals surface area contributed by atoms with Crippen LogP contribution in [0.3, 0.4) is 0 Å². The van der Waals surface area contributed by atoms with E-state index in [2.05, 4.69) is 0 Å². The van der Waals surface area contributed by atoms with Crippen molar-refractivity contribution in [3.05, 3.63) is 122 Å². The van der Waals surface area contributed by atoms with Crippen molar-refractivity contribution >= 4 is 0 Å². The van der Waals surface area contributed by atoms with Gasteiger partial charge in [0.1, 0.15) is 11.6 Å². The van der Waals surface area contributed by atoms with Crippen LogP contribution in [0.1, 0.15) is 39.7 Å². The number of halogens is 4. The summed E-state index contributed by atoms with van der Waals surface area (Å²) in [5, 5.41) is 0. The highest BCUT2D eigenvalue weighted by Gasteiger charge is 2.35. The Hall–Kier alpha value is -3.91. The van der Waals surface area contributed by atoms with Gasteiger partial charge in [-0.15, -0.1) is 0 Å². The van der Waals surface area contributed by atoms with Crippen LogP contribution in [0.15, 0.2) is 77.6 Å². The lowest BCUT2D eigenvalue weighted by Gasteiger charge is -2.24. The molecule has 0 spiro atoms. The van der Waals surface area contributed by atoms with Gasteiger partial charge in [-0.1, -0.05) is 48.5 Å². The smallest absolute Gasteiger partial charge is 0.416 e. The first-order valence-electron chi connectivity index (χ1n) is 12.0. The molecule has 1 unspecified atom stereocenters. The number of benzene rings is 3. The number of hydrogen-bond acceptors (Lipinski definition) is 3. The molecule has 0 radical (unpaired) electrons. The number of hydrogen-bond donors (Lipinski definition) is 1. The second-order valence-electron chi connectivity index (χ2n) is 9.16. The first-order chi connectivity index (χ1) is 18.0. The molecule has 0 aliphatic rings. The molecule has 0 aliphatic heterocycles. The van der Waals surface area contributed by atoms with Gasteiger partial charge in [-0.05, 0) is 55.7 Å². The zero-order chi connectivity index (χ0) is 27.6. The van der Waals surface area contributed by atoms with Crippen LogP contribution in [0.5, 0.6) is 5.75 Å². The molecule has 4 rings (SSSR count). The van der Waals surface area contributed by atoms with Gasteiger partial charge < -0.3 is 15.0 Å². The van der Waals surface area contributed by atoms with Crippen molar-refractivity contribution in [2.45, 2.75) is 39.0 Å². The lowest BCUT2D eigenvalue weighted by molar-refractivity contribution is -0.138. The van der Waals surface area contributed by atoms with Crippen LogP contribution in [-0.4, -0.2) is 11.7 Å². The van der Waals surface area contributed by atoms with E-state index < -0.39 is 35.7 Å². The predicted molar refractivity (Wildman–Crippen MR) is 140 cm³/mol. The van der Waals surface area contributed by atoms with Crippen molar-refractivity contribution in [3.63, 3.8) is 0 Å². The fourth-order valence-corrected chi connectivity index (χ4v) is 4.81. The molecular weight excluding hydrogens is 496 g/mol. The number of pyridine rings is 1. The van der Waals surface area contributed by atoms with E-state index in [9.17, 15) is 22.4 Å². The Bertz CT molecular complexity index is 1510. The SMILES string of the molecule is COc1cccc(-c2c(C)n(Cc3c(F)cccc3C(F)(F)F)c(C)c(CC(N)c3ccccc3)c2=O)c1. The minimum atomic E-state index is -4.74. The lowest BCUT2D eigenvalue weighted by atomic mass is 9.93. The third-order valence-electron chi connectivity index (χ3n) is 6.86. The number of nitrogens with zero attached hydrogens (tertiary/aromatic N) is 1. The molecule has 0 amide bonds. The molecule has 4 nitrogen and oxygen atoms in total. The second-order valence-corrected chi connectivity index (χ2v) is 9.16. The molecule has 0 aliphatic carbocycles. The standard InChI is InChI=1S/C30H28F4N2O2/c1-18-23(16-27(35)20-9-5-4-6-10-20)29(37)28(21-11-7-12-22(15-21)38-3)19(2)36(18)17-24-25(30(32,33)34)13-8-14-26(24)31/h4-15,27H,16-17,35H2,1-3H3. The summed E-state index contributed by atoms with van der Waals surface area (Å²) in [7, 11) is 1.50. The highest BCUT2D eigenvalue weighted by atomic mass is 19.4. The van der Waals surface area contributed by atoms with E-state index >= 15 is 0 Å². The maximum absolute atomic E-state index is 14.9. The molecule has 0 fully saturated rings. The molecule has 0 saturated heterocycles. The number of methoxy groups -OCH3 is 1. The fourth-order valence-electron chi connectivity index (χ4n) is 4.81. The summed E-state index contributed by atoms with van der Waals surface area (Å²) in [6.07, 6.45) is -4.60. The van der Waals surface area contributed by atoms with E-state index in [0.29, 0.717) is 33.8 Å². The number of alkyl halides is 3. The molecule has 0 saturated carbocycles. The van der Waals surface area contributed by atoms with Gasteiger partial charge >= 0.3 is 6.18 Å². The van der Waals surface area contributed by atoms with Crippen molar-refractivity contribution in [1.82, 2.24) is 4.57 Å². The number of ether oxygens (including phenoxy) is 1. The summed E-state index contributed by atoms with van der Waals surface area (Å²) in [6.45, 7) is 2.90. The highest BCUT2D eigenvalue weighted by molar-refractivity contribution is 5.68. The van der Waals surface area contributed by atoms with Crippen LogP contribution in [0.25, 0.3) is 11.1 Å². The second kappa shape index (κ2) is 10.8. The molecule has 1 atom stereocenters. The predicted octanol–water partition coefficient (Wildman–Crippen LogP) is 6.59. The summed E-state index contributed by atoms with van der Waals surface area (Å²) in [6, 6.07) is 18.5. The quantitative estimate of drug-likeness (QED) is 0.278. The van der Waals surface area contributed by atoms with Crippen molar-refractivity contribution in [1.29, 1.82) is 0 Å². The average molecular weight is 525 g/mol. The molecule has 2 N–H and O–H groups in total. The highest BCUT2D eigenvalue weighted by Crippen LogP contribution is 2.35. The first kappa shape index (κ1) is 27.1. The minimum Gasteiger partial charge on any atom is -0.497 e. The molecule has 38 heavy (non-hydrogen) atoms. The summed E-state index contributed by atoms with van der Waals surface area (Å²) in [5.74, 6) is -0.452. The molecular formula is C30H28F4N2O2. The van der Waals surface area contributed by atoms with Crippen LogP contribution in [-0.2, 0) is 19.1 Å². The van der Waals surface area contributed by atoms with Gasteiger partial charge in [0.25, 0.3) is 0 Å². The topological polar surface area (TPSA) is 57.2 Å². The normalized spacial score (nSPS) is 12.4. The van der Waals surface area contributed by atoms with Crippen LogP contribution in [0.4, 0.5) is 17.6 Å². The maximum Gasteiger partial charge on any atom is 0.416 e. The Morgan fingerprint density at radius 1 is 0.921 bits per heavy atom. The Balaban J connectivity index is 1.96. The van der Waals surface area contributed by atoms with Crippen LogP contribution >= 0.6 is 0 Å². The third-order valence-corrected chi connectivity index (χ3v) is 6.86. The molecule has 1 aromatic heterocycles. The van der Waals surface area contributed by atoms with Crippen molar-refractivity contribution in [2.24, 2.45) is 5.73 Å². The largest absolute Gasteiger partial charge is 0.497 e. The number of rotatable bonds is 7. The van der Waals surface area contributed by atoms with E-state index in [1.807, 2.05) is 30.3 Å². The van der Waals surface area contributed by atoms with Gasteiger partial charge in [-0.25, -0.2) is 4.39 Å². The average Bonchev–Trinajstić information content (AvgIpc) is 2.89. The van der Waals surface area contributed by atoms with Gasteiger partial charge in [0, 0.05) is 34.1 Å². The Morgan fingerprint density at radius 3 is 2.26 bits per heavy atom. The zero-order valence-electron chi connectivity index (χ0n) is 21.3. The number of nitrogens with two attached hydrogens (primary N) is 1. The molecule has 198 valence electrons. The van der Waals surface area contributed by atoms with Gasteiger partial charge in [0.2, 0.25) is 0 Å². The molecule has 0 bridgehead atoms. The van der Waals surface area contributed by atoms with E-state index in [-0.39, 0.29) is 11.8 Å². The maximum atomic E-state index is 14.9. The number of aromatic nitrogens is 1. The molecule has 3 aromatic carbocycles. The third kappa shape index (κ3) is 5.36. The van der Waals surface area contributed by atoms with Crippen LogP contribution < -0.4 is 15.9 Å². The van der Waals surface area contributed by atoms with E-state index in [4.69, 9.17) is 10.5 Å². The van der Waals surface area contributed by atoms with Gasteiger partial charge in [0.05, 0.1) is 19.2 Å². The van der Waals surface area contributed by atoms with Crippen molar-refractivity contribution in [2.75, 3.05) is 7.11 Å². The van der Waals surface area contributed by atoms with Crippen molar-refractivity contribution in [3.8, 4) is 16.9 Å². The summed E-state index contributed by atoms with van der Waals surface area (Å²) in [5.41, 5.74) is 7.50. The van der Waals surface area contributed by atoms with E-state index in [0.717, 1.165) is 23.8 Å². The fraction of sp³-hybridized carbons (Fsp3) is 0.233. The van der Waals surface area contributed by atoms with Gasteiger partial charge in [0.15, 0.2) is 5.43 Å². The summed E-state index contributed by atoms with van der Waals surface area (Å²) in [4.78, 5) is 13.9. The van der Waals surface area contributed by atoms with Gasteiger partial charge in [-0.3, -0.25) is 4.79 Å². The monoisotopic (exact) mass is 524 g/mol. The van der Waals surface area contributed by atoms with Crippen LogP contribution in [0.2, 0.25) is 0 Å². The molecule has 4 aromatic rings. The molecule has 1 heterocycles. The Labute approximate surface area is 218 Å². The summed E-state index contributed by atoms with van der Waals surface area (Å²) < 4.78 is 63.2. The van der Waals surface area contributed by atoms with Crippen molar-refractivity contribution < 1.29 is 22.3 Å². The Kier molecular flexibility index (Phi) is 7.73. The summed E-state index contributed by atoms with van der Waals surface area (Å²) >= 11 is 0. The van der Waals surface area contributed by atoms with Gasteiger partial charge in [-0.2, -0.15) is 13.2 Å².